The average Bonchev–Trinajstić information content (AvgIpc) is 3.59. The van der Waals surface area contributed by atoms with Crippen molar-refractivity contribution >= 4 is 44.1 Å². The van der Waals surface area contributed by atoms with Crippen molar-refractivity contribution in [3.05, 3.63) is 95.6 Å². The van der Waals surface area contributed by atoms with Crippen molar-refractivity contribution in [1.82, 2.24) is 29.7 Å². The molecule has 0 aliphatic rings. The summed E-state index contributed by atoms with van der Waals surface area (Å²) >= 11 is 1.56. The van der Waals surface area contributed by atoms with Crippen molar-refractivity contribution in [3.8, 4) is 11.8 Å². The number of hydrogen-bond acceptors (Lipinski definition) is 6. The molecule has 0 saturated heterocycles. The number of aromatic amines is 1. The summed E-state index contributed by atoms with van der Waals surface area (Å²) in [5.74, 6) is 7.03. The number of H-pyrrole nitrogens is 1. The highest BCUT2D eigenvalue weighted by Crippen LogP contribution is 2.31. The van der Waals surface area contributed by atoms with E-state index in [-0.39, 0.29) is 0 Å². The molecule has 4 heterocycles. The first-order valence-electron chi connectivity index (χ1n) is 10.3. The van der Waals surface area contributed by atoms with Gasteiger partial charge in [0, 0.05) is 18.4 Å². The summed E-state index contributed by atoms with van der Waals surface area (Å²) in [4.78, 5) is 14.4. The zero-order chi connectivity index (χ0) is 22.0. The van der Waals surface area contributed by atoms with E-state index in [1.807, 2.05) is 30.6 Å². The molecular weight excluding hydrogens is 430 g/mol. The third-order valence-corrected chi connectivity index (χ3v) is 6.27. The van der Waals surface area contributed by atoms with Crippen LogP contribution in [-0.2, 0) is 6.54 Å². The van der Waals surface area contributed by atoms with Crippen LogP contribution in [0.25, 0.3) is 21.3 Å². The molecular formula is C25H17N7S. The maximum absolute atomic E-state index is 4.60. The zero-order valence-electron chi connectivity index (χ0n) is 17.4. The number of hydrogen-bond donors (Lipinski definition) is 2. The first-order valence-corrected chi connectivity index (χ1v) is 11.1. The molecule has 0 amide bonds. The van der Waals surface area contributed by atoms with Crippen molar-refractivity contribution < 1.29 is 0 Å². The van der Waals surface area contributed by atoms with E-state index in [2.05, 4.69) is 77.2 Å². The van der Waals surface area contributed by atoms with Crippen LogP contribution in [0.3, 0.4) is 0 Å². The Morgan fingerprint density at radius 1 is 0.970 bits per heavy atom. The van der Waals surface area contributed by atoms with Gasteiger partial charge in [0.1, 0.15) is 6.33 Å². The summed E-state index contributed by atoms with van der Waals surface area (Å²) in [6.45, 7) is 0.786. The highest BCUT2D eigenvalue weighted by Gasteiger charge is 2.10. The molecule has 0 spiro atoms. The van der Waals surface area contributed by atoms with Crippen LogP contribution in [0, 0.1) is 11.8 Å². The normalized spacial score (nSPS) is 10.9. The molecule has 0 radical (unpaired) electrons. The summed E-state index contributed by atoms with van der Waals surface area (Å²) in [5.41, 5.74) is 5.89. The zero-order valence-corrected chi connectivity index (χ0v) is 18.2. The van der Waals surface area contributed by atoms with Gasteiger partial charge >= 0.3 is 0 Å². The SMILES string of the molecule is C(#Cc1cc2ncnc(Nc3ccc4c(c3)ncn4Cc3ccccc3)c2s1)c1cn[nH]c1. The largest absolute Gasteiger partial charge is 0.339 e. The van der Waals surface area contributed by atoms with Gasteiger partial charge in [-0.1, -0.05) is 42.2 Å². The Bertz CT molecular complexity index is 1620. The number of nitrogens with zero attached hydrogens (tertiary/aromatic N) is 5. The number of imidazole rings is 1. The summed E-state index contributed by atoms with van der Waals surface area (Å²) in [7, 11) is 0. The Morgan fingerprint density at radius 3 is 2.79 bits per heavy atom. The van der Waals surface area contributed by atoms with Gasteiger partial charge < -0.3 is 9.88 Å². The van der Waals surface area contributed by atoms with Crippen LogP contribution >= 0.6 is 11.3 Å². The lowest BCUT2D eigenvalue weighted by Crippen LogP contribution is -1.98. The van der Waals surface area contributed by atoms with Crippen molar-refractivity contribution in [2.45, 2.75) is 6.54 Å². The molecule has 7 nitrogen and oxygen atoms in total. The van der Waals surface area contributed by atoms with E-state index in [1.165, 1.54) is 5.56 Å². The number of nitrogens with one attached hydrogen (secondary N) is 2. The number of benzene rings is 2. The molecule has 0 aliphatic heterocycles. The monoisotopic (exact) mass is 447 g/mol. The second kappa shape index (κ2) is 8.22. The van der Waals surface area contributed by atoms with E-state index in [0.29, 0.717) is 0 Å². The molecule has 33 heavy (non-hydrogen) atoms. The van der Waals surface area contributed by atoms with Crippen LogP contribution in [0.1, 0.15) is 16.0 Å². The minimum absolute atomic E-state index is 0.754. The molecule has 6 rings (SSSR count). The van der Waals surface area contributed by atoms with Gasteiger partial charge in [-0.25, -0.2) is 15.0 Å². The molecule has 158 valence electrons. The third-order valence-electron chi connectivity index (χ3n) is 5.22. The van der Waals surface area contributed by atoms with E-state index < -0.39 is 0 Å². The highest BCUT2D eigenvalue weighted by molar-refractivity contribution is 7.20. The van der Waals surface area contributed by atoms with Crippen molar-refractivity contribution in [3.63, 3.8) is 0 Å². The van der Waals surface area contributed by atoms with Crippen molar-refractivity contribution in [2.24, 2.45) is 0 Å². The molecule has 2 aromatic carbocycles. The Labute approximate surface area is 193 Å². The maximum Gasteiger partial charge on any atom is 0.151 e. The first kappa shape index (κ1) is 19.2. The lowest BCUT2D eigenvalue weighted by molar-refractivity contribution is 0.824. The van der Waals surface area contributed by atoms with Gasteiger partial charge in [0.25, 0.3) is 0 Å². The van der Waals surface area contributed by atoms with Crippen LogP contribution in [-0.4, -0.2) is 29.7 Å². The van der Waals surface area contributed by atoms with Gasteiger partial charge in [0.2, 0.25) is 0 Å². The van der Waals surface area contributed by atoms with E-state index >= 15 is 0 Å². The third kappa shape index (κ3) is 3.93. The Morgan fingerprint density at radius 2 is 1.91 bits per heavy atom. The molecule has 0 atom stereocenters. The topological polar surface area (TPSA) is 84.3 Å². The van der Waals surface area contributed by atoms with Gasteiger partial charge in [0.05, 0.1) is 44.2 Å². The Hall–Kier alpha value is -4.48. The molecule has 2 N–H and O–H groups in total. The lowest BCUT2D eigenvalue weighted by Gasteiger charge is -2.07. The van der Waals surface area contributed by atoms with Gasteiger partial charge in [0.15, 0.2) is 5.82 Å². The summed E-state index contributed by atoms with van der Waals surface area (Å²) < 4.78 is 3.12. The quantitative estimate of drug-likeness (QED) is 0.373. The van der Waals surface area contributed by atoms with Crippen molar-refractivity contribution in [1.29, 1.82) is 0 Å². The summed E-state index contributed by atoms with van der Waals surface area (Å²) in [6, 6.07) is 18.5. The van der Waals surface area contributed by atoms with Crippen LogP contribution in [0.5, 0.6) is 0 Å². The van der Waals surface area contributed by atoms with E-state index in [0.717, 1.165) is 49.7 Å². The smallest absolute Gasteiger partial charge is 0.151 e. The first-order chi connectivity index (χ1) is 16.3. The van der Waals surface area contributed by atoms with Crippen LogP contribution in [0.2, 0.25) is 0 Å². The fraction of sp³-hybridized carbons (Fsp3) is 0.0400. The number of fused-ring (bicyclic) bond motifs is 2. The minimum atomic E-state index is 0.754. The molecule has 0 saturated carbocycles. The fourth-order valence-corrected chi connectivity index (χ4v) is 4.55. The minimum Gasteiger partial charge on any atom is -0.339 e. The number of aromatic nitrogens is 6. The summed E-state index contributed by atoms with van der Waals surface area (Å²) in [6.07, 6.45) is 6.92. The molecule has 0 fully saturated rings. The number of rotatable bonds is 4. The second-order valence-electron chi connectivity index (χ2n) is 7.47. The molecule has 0 unspecified atom stereocenters. The van der Waals surface area contributed by atoms with Gasteiger partial charge in [-0.3, -0.25) is 5.10 Å². The molecule has 8 heteroatoms. The molecule has 4 aromatic heterocycles. The highest BCUT2D eigenvalue weighted by atomic mass is 32.1. The van der Waals surface area contributed by atoms with Gasteiger partial charge in [-0.15, -0.1) is 11.3 Å². The number of thiophene rings is 1. The summed E-state index contributed by atoms with van der Waals surface area (Å²) in [5, 5.41) is 10.1. The Balaban J connectivity index is 1.28. The number of anilines is 2. The molecule has 6 aromatic rings. The predicted octanol–water partition coefficient (Wildman–Crippen LogP) is 4.96. The van der Waals surface area contributed by atoms with Gasteiger partial charge in [-0.05, 0) is 29.8 Å². The Kier molecular flexibility index (Phi) is 4.79. The lowest BCUT2D eigenvalue weighted by atomic mass is 10.2. The van der Waals surface area contributed by atoms with E-state index in [4.69, 9.17) is 0 Å². The molecule has 0 aliphatic carbocycles. The fourth-order valence-electron chi connectivity index (χ4n) is 3.64. The second-order valence-corrected chi connectivity index (χ2v) is 8.52. The molecule has 0 bridgehead atoms. The van der Waals surface area contributed by atoms with Crippen LogP contribution < -0.4 is 5.32 Å². The van der Waals surface area contributed by atoms with E-state index in [9.17, 15) is 0 Å². The average molecular weight is 448 g/mol. The van der Waals surface area contributed by atoms with Crippen LogP contribution in [0.15, 0.2) is 79.6 Å². The van der Waals surface area contributed by atoms with Crippen molar-refractivity contribution in [2.75, 3.05) is 5.32 Å². The standard InChI is InChI=1S/C25H17N7S/c1-2-4-17(5-3-1)14-32-16-28-21-10-19(7-9-23(21)32)31-25-24-22(26-15-27-25)11-20(33-24)8-6-18-12-29-30-13-18/h1-5,7,9-13,15-16H,14H2,(H,29,30)(H,26,27,31). The maximum atomic E-state index is 4.60. The van der Waals surface area contributed by atoms with Crippen LogP contribution in [0.4, 0.5) is 11.5 Å². The van der Waals surface area contributed by atoms with Gasteiger partial charge in [-0.2, -0.15) is 5.10 Å². The van der Waals surface area contributed by atoms with E-state index in [1.54, 1.807) is 30.1 Å². The predicted molar refractivity (Wildman–Crippen MR) is 131 cm³/mol.